The summed E-state index contributed by atoms with van der Waals surface area (Å²) in [6.45, 7) is 4.33. The number of ether oxygens (including phenoxy) is 1. The van der Waals surface area contributed by atoms with Crippen molar-refractivity contribution in [2.45, 2.75) is 57.7 Å². The van der Waals surface area contributed by atoms with Gasteiger partial charge in [-0.15, -0.1) is 0 Å². The van der Waals surface area contributed by atoms with Crippen molar-refractivity contribution in [3.05, 3.63) is 23.9 Å². The van der Waals surface area contributed by atoms with E-state index < -0.39 is 0 Å². The van der Waals surface area contributed by atoms with Gasteiger partial charge in [-0.25, -0.2) is 4.98 Å². The van der Waals surface area contributed by atoms with Crippen LogP contribution in [0.2, 0.25) is 0 Å². The van der Waals surface area contributed by atoms with Crippen LogP contribution in [0, 0.1) is 0 Å². The smallest absolute Gasteiger partial charge is 0.213 e. The summed E-state index contributed by atoms with van der Waals surface area (Å²) in [6.07, 6.45) is 7.42. The van der Waals surface area contributed by atoms with Gasteiger partial charge in [-0.2, -0.15) is 11.8 Å². The molecule has 0 spiro atoms. The van der Waals surface area contributed by atoms with Crippen LogP contribution in [-0.4, -0.2) is 41.0 Å². The first kappa shape index (κ1) is 17.3. The van der Waals surface area contributed by atoms with E-state index in [1.807, 2.05) is 18.4 Å². The zero-order chi connectivity index (χ0) is 15.9. The molecule has 0 radical (unpaired) electrons. The van der Waals surface area contributed by atoms with Gasteiger partial charge in [0, 0.05) is 30.8 Å². The average Bonchev–Trinajstić information content (AvgIpc) is 2.43. The lowest BCUT2D eigenvalue weighted by atomic mass is 9.89. The Balaban J connectivity index is 1.76. The number of nitrogens with zero attached hydrogens (tertiary/aromatic N) is 1. The number of rotatable bonds is 9. The molecule has 0 aliphatic heterocycles. The molecule has 0 aromatic carbocycles. The second kappa shape index (κ2) is 8.53. The van der Waals surface area contributed by atoms with Crippen LogP contribution in [0.25, 0.3) is 0 Å². The van der Waals surface area contributed by atoms with Gasteiger partial charge in [0.2, 0.25) is 5.88 Å². The van der Waals surface area contributed by atoms with Crippen molar-refractivity contribution in [2.75, 3.05) is 12.0 Å². The highest BCUT2D eigenvalue weighted by atomic mass is 32.2. The predicted octanol–water partition coefficient (Wildman–Crippen LogP) is 2.85. The van der Waals surface area contributed by atoms with Crippen molar-refractivity contribution in [1.82, 2.24) is 10.3 Å². The first-order valence-corrected chi connectivity index (χ1v) is 9.34. The fourth-order valence-corrected chi connectivity index (χ4v) is 3.09. The molecule has 1 aliphatic carbocycles. The topological polar surface area (TPSA) is 51.2 Å². The first-order valence-electron chi connectivity index (χ1n) is 7.95. The highest BCUT2D eigenvalue weighted by molar-refractivity contribution is 7.99. The van der Waals surface area contributed by atoms with Crippen LogP contribution < -0.4 is 10.1 Å². The van der Waals surface area contributed by atoms with Crippen molar-refractivity contribution in [2.24, 2.45) is 0 Å². The largest absolute Gasteiger partial charge is 0.474 e. The normalized spacial score (nSPS) is 20.7. The third-order valence-electron chi connectivity index (χ3n) is 3.75. The summed E-state index contributed by atoms with van der Waals surface area (Å²) in [6, 6.07) is 5.02. The van der Waals surface area contributed by atoms with Crippen molar-refractivity contribution in [3.8, 4) is 5.88 Å². The molecule has 0 amide bonds. The minimum absolute atomic E-state index is 0.261. The van der Waals surface area contributed by atoms with Crippen LogP contribution in [-0.2, 0) is 11.2 Å². The molecule has 22 heavy (non-hydrogen) atoms. The van der Waals surface area contributed by atoms with E-state index in [1.54, 1.807) is 18.0 Å². The number of ketones is 1. The standard InChI is InChI=1S/C17H26N2O2S/c1-12(2)19-14-9-16(10-14)21-17-8-13(6-7-18-17)4-5-15(20)11-22-3/h6-8,12,14,16,19H,4-5,9-11H2,1-3H3/t14-,16-. The van der Waals surface area contributed by atoms with Crippen molar-refractivity contribution < 1.29 is 9.53 Å². The van der Waals surface area contributed by atoms with Crippen LogP contribution in [0.1, 0.15) is 38.7 Å². The fraction of sp³-hybridized carbons (Fsp3) is 0.647. The quantitative estimate of drug-likeness (QED) is 0.757. The Hall–Kier alpha value is -1.07. The molecule has 5 heteroatoms. The number of hydrogen-bond donors (Lipinski definition) is 1. The van der Waals surface area contributed by atoms with E-state index in [9.17, 15) is 4.79 Å². The lowest BCUT2D eigenvalue weighted by Crippen LogP contribution is -2.49. The lowest BCUT2D eigenvalue weighted by molar-refractivity contribution is -0.116. The van der Waals surface area contributed by atoms with Crippen LogP contribution >= 0.6 is 11.8 Å². The Morgan fingerprint density at radius 2 is 2.27 bits per heavy atom. The van der Waals surface area contributed by atoms with Gasteiger partial charge in [0.05, 0.1) is 5.75 Å². The number of thioether (sulfide) groups is 1. The van der Waals surface area contributed by atoms with Crippen LogP contribution in [0.3, 0.4) is 0 Å². The minimum atomic E-state index is 0.261. The van der Waals surface area contributed by atoms with Gasteiger partial charge in [0.15, 0.2) is 0 Å². The zero-order valence-corrected chi connectivity index (χ0v) is 14.5. The summed E-state index contributed by atoms with van der Waals surface area (Å²) in [4.78, 5) is 15.9. The second-order valence-electron chi connectivity index (χ2n) is 6.20. The predicted molar refractivity (Wildman–Crippen MR) is 91.7 cm³/mol. The Kier molecular flexibility index (Phi) is 6.70. The number of carbonyl (C=O) groups is 1. The van der Waals surface area contributed by atoms with E-state index in [0.717, 1.165) is 24.8 Å². The van der Waals surface area contributed by atoms with Crippen molar-refractivity contribution in [1.29, 1.82) is 0 Å². The minimum Gasteiger partial charge on any atom is -0.474 e. The van der Waals surface area contributed by atoms with Crippen molar-refractivity contribution >= 4 is 17.5 Å². The van der Waals surface area contributed by atoms with E-state index in [1.165, 1.54) is 0 Å². The van der Waals surface area contributed by atoms with E-state index in [2.05, 4.69) is 24.1 Å². The van der Waals surface area contributed by atoms with Crippen LogP contribution in [0.5, 0.6) is 5.88 Å². The highest BCUT2D eigenvalue weighted by Crippen LogP contribution is 2.25. The summed E-state index contributed by atoms with van der Waals surface area (Å²) < 4.78 is 5.92. The van der Waals surface area contributed by atoms with E-state index in [4.69, 9.17) is 4.74 Å². The van der Waals surface area contributed by atoms with Crippen LogP contribution in [0.4, 0.5) is 0 Å². The van der Waals surface area contributed by atoms with Gasteiger partial charge in [-0.3, -0.25) is 4.79 Å². The maximum Gasteiger partial charge on any atom is 0.213 e. The molecule has 4 nitrogen and oxygen atoms in total. The highest BCUT2D eigenvalue weighted by Gasteiger charge is 2.31. The van der Waals surface area contributed by atoms with Gasteiger partial charge in [0.25, 0.3) is 0 Å². The molecule has 1 aromatic heterocycles. The molecule has 0 atom stereocenters. The molecular formula is C17H26N2O2S. The molecular weight excluding hydrogens is 296 g/mol. The molecule has 1 fully saturated rings. The molecule has 0 saturated heterocycles. The Morgan fingerprint density at radius 1 is 1.50 bits per heavy atom. The second-order valence-corrected chi connectivity index (χ2v) is 7.07. The molecule has 0 bridgehead atoms. The first-order chi connectivity index (χ1) is 10.6. The Labute approximate surface area is 137 Å². The summed E-state index contributed by atoms with van der Waals surface area (Å²) in [5, 5.41) is 3.51. The fourth-order valence-electron chi connectivity index (χ4n) is 2.63. The maximum atomic E-state index is 11.6. The number of aryl methyl sites for hydroxylation is 1. The average molecular weight is 322 g/mol. The third-order valence-corrected chi connectivity index (χ3v) is 4.36. The molecule has 1 heterocycles. The Bertz CT molecular complexity index is 487. The van der Waals surface area contributed by atoms with Crippen molar-refractivity contribution in [3.63, 3.8) is 0 Å². The number of Topliss-reactive ketones (excluding diaryl/α,β-unsaturated/α-hetero) is 1. The van der Waals surface area contributed by atoms with Gasteiger partial charge in [0.1, 0.15) is 11.9 Å². The van der Waals surface area contributed by atoms with E-state index in [-0.39, 0.29) is 6.10 Å². The Morgan fingerprint density at radius 3 is 2.95 bits per heavy atom. The monoisotopic (exact) mass is 322 g/mol. The summed E-state index contributed by atoms with van der Waals surface area (Å²) in [5.41, 5.74) is 1.12. The van der Waals surface area contributed by atoms with Gasteiger partial charge < -0.3 is 10.1 Å². The lowest BCUT2D eigenvalue weighted by Gasteiger charge is -2.36. The van der Waals surface area contributed by atoms with Crippen LogP contribution in [0.15, 0.2) is 18.3 Å². The van der Waals surface area contributed by atoms with E-state index in [0.29, 0.717) is 35.9 Å². The molecule has 0 unspecified atom stereocenters. The number of aromatic nitrogens is 1. The molecule has 122 valence electrons. The molecule has 1 aromatic rings. The van der Waals surface area contributed by atoms with Gasteiger partial charge in [-0.1, -0.05) is 13.8 Å². The number of hydrogen-bond acceptors (Lipinski definition) is 5. The number of carbonyl (C=O) groups excluding carboxylic acids is 1. The number of nitrogens with one attached hydrogen (secondary N) is 1. The van der Waals surface area contributed by atoms with E-state index >= 15 is 0 Å². The maximum absolute atomic E-state index is 11.6. The molecule has 2 rings (SSSR count). The van der Waals surface area contributed by atoms with Gasteiger partial charge >= 0.3 is 0 Å². The SMILES string of the molecule is CSCC(=O)CCc1ccnc(O[C@H]2C[C@H](NC(C)C)C2)c1. The third kappa shape index (κ3) is 5.61. The zero-order valence-electron chi connectivity index (χ0n) is 13.7. The van der Waals surface area contributed by atoms with Gasteiger partial charge in [-0.05, 0) is 37.1 Å². The number of pyridine rings is 1. The molecule has 1 aliphatic rings. The summed E-state index contributed by atoms with van der Waals surface area (Å²) in [5.74, 6) is 1.58. The molecule has 1 N–H and O–H groups in total. The summed E-state index contributed by atoms with van der Waals surface area (Å²) >= 11 is 1.58. The molecule has 1 saturated carbocycles. The summed E-state index contributed by atoms with van der Waals surface area (Å²) in [7, 11) is 0.